The van der Waals surface area contributed by atoms with Crippen LogP contribution in [-0.2, 0) is 9.53 Å². The number of benzene rings is 2. The molecule has 0 radical (unpaired) electrons. The van der Waals surface area contributed by atoms with Crippen LogP contribution in [0.25, 0.3) is 0 Å². The number of nitrogens with zero attached hydrogens (tertiary/aromatic N) is 1. The lowest BCUT2D eigenvalue weighted by Crippen LogP contribution is -2.49. The first-order valence-electron chi connectivity index (χ1n) is 12.3. The van der Waals surface area contributed by atoms with Crippen LogP contribution < -0.4 is 14.4 Å². The summed E-state index contributed by atoms with van der Waals surface area (Å²) < 4.78 is 14.4. The van der Waals surface area contributed by atoms with Crippen molar-refractivity contribution in [2.45, 2.75) is 73.8 Å². The van der Waals surface area contributed by atoms with Crippen LogP contribution >= 0.6 is 23.7 Å². The molecule has 0 aromatic heterocycles. The molecule has 1 atom stereocenters. The van der Waals surface area contributed by atoms with Gasteiger partial charge in [-0.1, -0.05) is 57.7 Å². The summed E-state index contributed by atoms with van der Waals surface area (Å²) in [4.78, 5) is 16.1. The number of anilines is 2. The average Bonchev–Trinajstić information content (AvgIpc) is 3.06. The second-order valence-corrected chi connectivity index (χ2v) is 10.6. The number of unbranched alkanes of at least 4 members (excludes halogenated alkanes) is 2. The van der Waals surface area contributed by atoms with Gasteiger partial charge in [0.1, 0.15) is 12.4 Å². The van der Waals surface area contributed by atoms with Crippen molar-refractivity contribution < 1.29 is 19.4 Å². The highest BCUT2D eigenvalue weighted by Gasteiger charge is 2.36. The molecule has 0 saturated carbocycles. The number of hydrogen-bond donors (Lipinski definition) is 2. The van der Waals surface area contributed by atoms with Crippen LogP contribution in [0.1, 0.15) is 52.4 Å². The third-order valence-electron chi connectivity index (χ3n) is 6.33. The van der Waals surface area contributed by atoms with Gasteiger partial charge in [0.2, 0.25) is 0 Å². The van der Waals surface area contributed by atoms with E-state index in [0.717, 1.165) is 53.4 Å². The van der Waals surface area contributed by atoms with Gasteiger partial charge in [-0.25, -0.2) is 4.79 Å². The molecule has 3 rings (SSSR count). The normalized spacial score (nSPS) is 15.7. The number of hydrogen-bond acceptors (Lipinski definition) is 8. The minimum atomic E-state index is -1.32. The highest BCUT2D eigenvalue weighted by Crippen LogP contribution is 2.45. The van der Waals surface area contributed by atoms with Gasteiger partial charge < -0.3 is 19.5 Å². The fraction of sp³-hybridized carbons (Fsp3) is 0.519. The Morgan fingerprint density at radius 2 is 1.89 bits per heavy atom. The Labute approximate surface area is 218 Å². The van der Waals surface area contributed by atoms with Crippen molar-refractivity contribution in [1.29, 1.82) is 0 Å². The SMILES string of the molecule is CCCCC1(CCCC)CN(c2ccccc2)c2cc(SC)c(OCC(O)C(=O)OC)cc2SN1. The number of thioether (sulfide) groups is 1. The summed E-state index contributed by atoms with van der Waals surface area (Å²) in [7, 11) is 1.26. The van der Waals surface area contributed by atoms with Gasteiger partial charge >= 0.3 is 5.97 Å². The van der Waals surface area contributed by atoms with Gasteiger partial charge in [-0.15, -0.1) is 11.8 Å². The number of fused-ring (bicyclic) bond motifs is 1. The molecule has 0 spiro atoms. The van der Waals surface area contributed by atoms with Crippen LogP contribution in [0.5, 0.6) is 5.75 Å². The van der Waals surface area contributed by atoms with Gasteiger partial charge in [0.15, 0.2) is 6.10 Å². The van der Waals surface area contributed by atoms with Crippen molar-refractivity contribution in [3.8, 4) is 5.75 Å². The molecule has 8 heteroatoms. The van der Waals surface area contributed by atoms with E-state index in [1.807, 2.05) is 18.4 Å². The zero-order valence-electron chi connectivity index (χ0n) is 21.2. The third kappa shape index (κ3) is 7.09. The number of aliphatic hydroxyl groups excluding tert-OH is 1. The van der Waals surface area contributed by atoms with Crippen molar-refractivity contribution in [1.82, 2.24) is 4.72 Å². The van der Waals surface area contributed by atoms with Crippen LogP contribution in [0.15, 0.2) is 52.3 Å². The Morgan fingerprint density at radius 1 is 1.20 bits per heavy atom. The van der Waals surface area contributed by atoms with Crippen LogP contribution in [0, 0.1) is 0 Å². The number of para-hydroxylation sites is 1. The van der Waals surface area contributed by atoms with Gasteiger partial charge in [0.25, 0.3) is 0 Å². The Morgan fingerprint density at radius 3 is 2.49 bits per heavy atom. The van der Waals surface area contributed by atoms with Gasteiger partial charge in [0.05, 0.1) is 22.6 Å². The number of aliphatic hydroxyl groups is 1. The van der Waals surface area contributed by atoms with E-state index in [4.69, 9.17) is 4.74 Å². The highest BCUT2D eigenvalue weighted by atomic mass is 32.2. The van der Waals surface area contributed by atoms with Gasteiger partial charge in [-0.3, -0.25) is 4.72 Å². The van der Waals surface area contributed by atoms with E-state index in [1.165, 1.54) is 20.0 Å². The van der Waals surface area contributed by atoms with E-state index in [9.17, 15) is 9.90 Å². The molecule has 0 fully saturated rings. The number of carbonyl (C=O) groups excluding carboxylic acids is 1. The van der Waals surface area contributed by atoms with Crippen LogP contribution in [-0.4, -0.2) is 49.2 Å². The molecule has 0 amide bonds. The van der Waals surface area contributed by atoms with E-state index in [1.54, 1.807) is 23.7 Å². The van der Waals surface area contributed by atoms with Crippen LogP contribution in [0.3, 0.4) is 0 Å². The minimum Gasteiger partial charge on any atom is -0.489 e. The number of ether oxygens (including phenoxy) is 2. The summed E-state index contributed by atoms with van der Waals surface area (Å²) >= 11 is 3.25. The van der Waals surface area contributed by atoms with E-state index in [2.05, 4.69) is 58.5 Å². The summed E-state index contributed by atoms with van der Waals surface area (Å²) in [6.45, 7) is 5.22. The number of carbonyl (C=O) groups is 1. The zero-order valence-corrected chi connectivity index (χ0v) is 22.8. The largest absolute Gasteiger partial charge is 0.489 e. The Kier molecular flexibility index (Phi) is 10.6. The zero-order chi connectivity index (χ0) is 25.3. The van der Waals surface area contributed by atoms with Crippen molar-refractivity contribution in [2.24, 2.45) is 0 Å². The quantitative estimate of drug-likeness (QED) is 0.196. The molecule has 2 aromatic rings. The maximum absolute atomic E-state index is 11.6. The van der Waals surface area contributed by atoms with Crippen molar-refractivity contribution in [2.75, 3.05) is 31.4 Å². The molecule has 0 aliphatic carbocycles. The lowest BCUT2D eigenvalue weighted by Gasteiger charge is -2.38. The second kappa shape index (κ2) is 13.4. The van der Waals surface area contributed by atoms with Crippen molar-refractivity contribution in [3.63, 3.8) is 0 Å². The third-order valence-corrected chi connectivity index (χ3v) is 8.17. The predicted molar refractivity (Wildman–Crippen MR) is 146 cm³/mol. The highest BCUT2D eigenvalue weighted by molar-refractivity contribution is 7.98. The standard InChI is InChI=1S/C27H38N2O4S2/c1-5-7-14-27(15-8-6-2)19-29(20-12-10-9-11-13-20)21-16-25(34-4)23(17-24(21)35-28-27)33-18-22(30)26(31)32-3/h9-13,16-17,22,28,30H,5-8,14-15,18-19H2,1-4H3. The smallest absolute Gasteiger partial charge is 0.338 e. The van der Waals surface area contributed by atoms with Gasteiger partial charge in [0, 0.05) is 17.8 Å². The maximum Gasteiger partial charge on any atom is 0.338 e. The Balaban J connectivity index is 2.02. The number of esters is 1. The molecule has 1 aliphatic heterocycles. The molecule has 2 aromatic carbocycles. The first-order valence-corrected chi connectivity index (χ1v) is 14.4. The van der Waals surface area contributed by atoms with E-state index in [0.29, 0.717) is 5.75 Å². The van der Waals surface area contributed by atoms with E-state index < -0.39 is 12.1 Å². The topological polar surface area (TPSA) is 71.0 Å². The minimum absolute atomic E-state index is 0.0207. The van der Waals surface area contributed by atoms with Gasteiger partial charge in [-0.05, 0) is 55.3 Å². The fourth-order valence-electron chi connectivity index (χ4n) is 4.31. The molecule has 192 valence electrons. The predicted octanol–water partition coefficient (Wildman–Crippen LogP) is 6.19. The van der Waals surface area contributed by atoms with Crippen molar-refractivity contribution in [3.05, 3.63) is 42.5 Å². The lowest BCUT2D eigenvalue weighted by molar-refractivity contribution is -0.151. The molecule has 0 saturated heterocycles. The maximum atomic E-state index is 11.6. The Hall–Kier alpha value is -1.87. The van der Waals surface area contributed by atoms with E-state index in [-0.39, 0.29) is 12.1 Å². The lowest BCUT2D eigenvalue weighted by atomic mass is 9.87. The second-order valence-electron chi connectivity index (χ2n) is 8.93. The molecule has 35 heavy (non-hydrogen) atoms. The fourth-order valence-corrected chi connectivity index (χ4v) is 5.89. The number of rotatable bonds is 12. The Bertz CT molecular complexity index is 950. The van der Waals surface area contributed by atoms with Gasteiger partial charge in [-0.2, -0.15) is 0 Å². The number of nitrogens with one attached hydrogen (secondary N) is 1. The summed E-state index contributed by atoms with van der Waals surface area (Å²) in [6, 6.07) is 14.7. The average molecular weight is 519 g/mol. The molecular formula is C27H38N2O4S2. The summed E-state index contributed by atoms with van der Waals surface area (Å²) in [5.74, 6) is -0.0514. The van der Waals surface area contributed by atoms with Crippen LogP contribution in [0.2, 0.25) is 0 Å². The molecule has 1 heterocycles. The van der Waals surface area contributed by atoms with Crippen LogP contribution in [0.4, 0.5) is 11.4 Å². The summed E-state index contributed by atoms with van der Waals surface area (Å²) in [5, 5.41) is 10.0. The first-order chi connectivity index (χ1) is 17.0. The molecule has 2 N–H and O–H groups in total. The summed E-state index contributed by atoms with van der Waals surface area (Å²) in [5.41, 5.74) is 2.28. The monoisotopic (exact) mass is 518 g/mol. The van der Waals surface area contributed by atoms with Crippen molar-refractivity contribution >= 4 is 41.1 Å². The molecule has 1 unspecified atom stereocenters. The molecule has 1 aliphatic rings. The first kappa shape index (κ1) is 27.7. The number of methoxy groups -OCH3 is 1. The molecule has 6 nitrogen and oxygen atoms in total. The summed E-state index contributed by atoms with van der Waals surface area (Å²) in [6.07, 6.45) is 7.57. The molecule has 0 bridgehead atoms. The molecular weight excluding hydrogens is 480 g/mol. The van der Waals surface area contributed by atoms with E-state index >= 15 is 0 Å².